The normalized spacial score (nSPS) is 12.7. The van der Waals surface area contributed by atoms with Crippen LogP contribution in [0.3, 0.4) is 0 Å². The van der Waals surface area contributed by atoms with Crippen LogP contribution in [0.5, 0.6) is 0 Å². The monoisotopic (exact) mass is 343 g/mol. The Morgan fingerprint density at radius 1 is 1.22 bits per heavy atom. The third-order valence-electron chi connectivity index (χ3n) is 3.21. The largest absolute Gasteiger partial charge is 0.480 e. The fourth-order valence-corrected chi connectivity index (χ4v) is 2.72. The van der Waals surface area contributed by atoms with E-state index in [2.05, 4.69) is 5.32 Å². The molecule has 0 saturated heterocycles. The molecule has 23 heavy (non-hydrogen) atoms. The highest BCUT2D eigenvalue weighted by Crippen LogP contribution is 2.06. The number of ether oxygens (including phenoxy) is 1. The maximum atomic E-state index is 11.7. The summed E-state index contributed by atoms with van der Waals surface area (Å²) in [6.07, 6.45) is -1.11. The molecule has 1 aromatic rings. The summed E-state index contributed by atoms with van der Waals surface area (Å²) >= 11 is 0. The van der Waals surface area contributed by atoms with Crippen LogP contribution in [-0.4, -0.2) is 42.6 Å². The highest BCUT2D eigenvalue weighted by Gasteiger charge is 2.25. The van der Waals surface area contributed by atoms with Crippen LogP contribution in [-0.2, 0) is 26.0 Å². The first-order chi connectivity index (χ1) is 10.7. The van der Waals surface area contributed by atoms with Crippen molar-refractivity contribution in [2.75, 3.05) is 5.75 Å². The summed E-state index contributed by atoms with van der Waals surface area (Å²) in [7, 11) is -3.37. The number of rotatable bonds is 8. The first kappa shape index (κ1) is 19.0. The quantitative estimate of drug-likeness (QED) is 0.741. The van der Waals surface area contributed by atoms with Gasteiger partial charge in [0, 0.05) is 0 Å². The fraction of sp³-hybridized carbons (Fsp3) is 0.467. The average molecular weight is 343 g/mol. The first-order valence-corrected chi connectivity index (χ1v) is 8.85. The van der Waals surface area contributed by atoms with Gasteiger partial charge in [-0.1, -0.05) is 30.3 Å². The molecular formula is C15H21NO6S. The number of carbonyl (C=O) groups is 2. The van der Waals surface area contributed by atoms with Crippen LogP contribution in [0.25, 0.3) is 0 Å². The summed E-state index contributed by atoms with van der Waals surface area (Å²) < 4.78 is 28.4. The highest BCUT2D eigenvalue weighted by atomic mass is 32.2. The number of hydrogen-bond acceptors (Lipinski definition) is 5. The Morgan fingerprint density at radius 2 is 1.83 bits per heavy atom. The lowest BCUT2D eigenvalue weighted by atomic mass is 10.2. The van der Waals surface area contributed by atoms with Gasteiger partial charge in [-0.3, -0.25) is 0 Å². The van der Waals surface area contributed by atoms with E-state index in [1.54, 1.807) is 24.3 Å². The molecule has 0 saturated carbocycles. The average Bonchev–Trinajstić information content (AvgIpc) is 2.50. The predicted octanol–water partition coefficient (Wildman–Crippen LogP) is 1.58. The second kappa shape index (κ2) is 8.52. The minimum Gasteiger partial charge on any atom is -0.480 e. The Hall–Kier alpha value is -2.09. The minimum atomic E-state index is -3.37. The van der Waals surface area contributed by atoms with Gasteiger partial charge in [-0.05, 0) is 25.8 Å². The van der Waals surface area contributed by atoms with Gasteiger partial charge in [-0.15, -0.1) is 0 Å². The van der Waals surface area contributed by atoms with Gasteiger partial charge in [0.2, 0.25) is 0 Å². The molecular weight excluding hydrogens is 322 g/mol. The number of carboxylic acid groups (broad SMARTS) is 1. The van der Waals surface area contributed by atoms with Crippen molar-refractivity contribution in [2.24, 2.45) is 0 Å². The van der Waals surface area contributed by atoms with E-state index >= 15 is 0 Å². The summed E-state index contributed by atoms with van der Waals surface area (Å²) in [5, 5.41) is 10.7. The van der Waals surface area contributed by atoms with Gasteiger partial charge in [0.05, 0.1) is 11.0 Å². The lowest BCUT2D eigenvalue weighted by molar-refractivity contribution is -0.139. The molecule has 1 atom stereocenters. The molecule has 0 aliphatic rings. The number of carbonyl (C=O) groups excluding carboxylic acids is 1. The Balaban J connectivity index is 2.52. The summed E-state index contributed by atoms with van der Waals surface area (Å²) in [6, 6.07) is 7.60. The number of carboxylic acids is 1. The maximum absolute atomic E-state index is 11.7. The smallest absolute Gasteiger partial charge is 0.408 e. The van der Waals surface area contributed by atoms with E-state index in [4.69, 9.17) is 9.84 Å². The maximum Gasteiger partial charge on any atom is 0.408 e. The molecule has 0 aliphatic carbocycles. The van der Waals surface area contributed by atoms with Crippen molar-refractivity contribution in [1.29, 1.82) is 0 Å². The lowest BCUT2D eigenvalue weighted by Crippen LogP contribution is -2.42. The topological polar surface area (TPSA) is 110 Å². The van der Waals surface area contributed by atoms with Gasteiger partial charge in [0.25, 0.3) is 0 Å². The van der Waals surface area contributed by atoms with Crippen LogP contribution in [0.15, 0.2) is 30.3 Å². The molecule has 0 radical (unpaired) electrons. The first-order valence-electron chi connectivity index (χ1n) is 7.14. The van der Waals surface area contributed by atoms with Gasteiger partial charge < -0.3 is 15.2 Å². The molecule has 1 aromatic carbocycles. The fourth-order valence-electron chi connectivity index (χ4n) is 1.68. The van der Waals surface area contributed by atoms with E-state index < -0.39 is 33.2 Å². The van der Waals surface area contributed by atoms with E-state index in [0.717, 1.165) is 5.56 Å². The molecule has 0 aromatic heterocycles. The highest BCUT2D eigenvalue weighted by molar-refractivity contribution is 7.91. The SMILES string of the molecule is CC(C)S(=O)(=O)CCC(NC(=O)OCc1ccccc1)C(=O)O. The molecule has 0 spiro atoms. The van der Waals surface area contributed by atoms with Crippen LogP contribution in [0, 0.1) is 0 Å². The van der Waals surface area contributed by atoms with E-state index in [0.29, 0.717) is 0 Å². The van der Waals surface area contributed by atoms with Gasteiger partial charge in [0.15, 0.2) is 9.84 Å². The molecule has 2 N–H and O–H groups in total. The van der Waals surface area contributed by atoms with Crippen LogP contribution in [0.2, 0.25) is 0 Å². The Bertz CT molecular complexity index is 627. The summed E-state index contributed by atoms with van der Waals surface area (Å²) in [5.74, 6) is -1.62. The van der Waals surface area contributed by atoms with Crippen molar-refractivity contribution in [3.8, 4) is 0 Å². The zero-order valence-electron chi connectivity index (χ0n) is 13.1. The van der Waals surface area contributed by atoms with Crippen LogP contribution >= 0.6 is 0 Å². The molecule has 0 aliphatic heterocycles. The molecule has 1 unspecified atom stereocenters. The zero-order valence-corrected chi connectivity index (χ0v) is 13.9. The second-order valence-corrected chi connectivity index (χ2v) is 7.98. The van der Waals surface area contributed by atoms with Crippen molar-refractivity contribution in [3.05, 3.63) is 35.9 Å². The number of alkyl carbamates (subject to hydrolysis) is 1. The van der Waals surface area contributed by atoms with Crippen molar-refractivity contribution in [3.63, 3.8) is 0 Å². The molecule has 1 rings (SSSR count). The number of amides is 1. The van der Waals surface area contributed by atoms with Crippen LogP contribution in [0.4, 0.5) is 4.79 Å². The van der Waals surface area contributed by atoms with E-state index in [1.807, 2.05) is 6.07 Å². The number of hydrogen-bond donors (Lipinski definition) is 2. The molecule has 128 valence electrons. The third kappa shape index (κ3) is 6.68. The zero-order chi connectivity index (χ0) is 17.5. The van der Waals surface area contributed by atoms with Gasteiger partial charge in [-0.2, -0.15) is 0 Å². The van der Waals surface area contributed by atoms with Crippen molar-refractivity contribution >= 4 is 21.9 Å². The lowest BCUT2D eigenvalue weighted by Gasteiger charge is -2.15. The predicted molar refractivity (Wildman–Crippen MR) is 84.7 cm³/mol. The Kier molecular flexibility index (Phi) is 7.02. The minimum absolute atomic E-state index is 0.00328. The number of benzene rings is 1. The number of aliphatic carboxylic acids is 1. The van der Waals surface area contributed by atoms with Gasteiger partial charge >= 0.3 is 12.1 Å². The van der Waals surface area contributed by atoms with Gasteiger partial charge in [0.1, 0.15) is 12.6 Å². The molecule has 8 heteroatoms. The van der Waals surface area contributed by atoms with Crippen molar-refractivity contribution in [1.82, 2.24) is 5.32 Å². The molecule has 0 heterocycles. The van der Waals surface area contributed by atoms with E-state index in [1.165, 1.54) is 13.8 Å². The summed E-state index contributed by atoms with van der Waals surface area (Å²) in [6.45, 7) is 3.04. The van der Waals surface area contributed by atoms with Crippen LogP contribution in [0.1, 0.15) is 25.8 Å². The third-order valence-corrected chi connectivity index (χ3v) is 5.45. The summed E-state index contributed by atoms with van der Waals surface area (Å²) in [5.41, 5.74) is 0.761. The number of nitrogens with one attached hydrogen (secondary N) is 1. The molecule has 0 fully saturated rings. The number of sulfone groups is 1. The van der Waals surface area contributed by atoms with Crippen molar-refractivity contribution in [2.45, 2.75) is 38.2 Å². The Labute approximate surface area is 135 Å². The van der Waals surface area contributed by atoms with Crippen LogP contribution < -0.4 is 5.32 Å². The Morgan fingerprint density at radius 3 is 2.35 bits per heavy atom. The van der Waals surface area contributed by atoms with E-state index in [9.17, 15) is 18.0 Å². The standard InChI is InChI=1S/C15H21NO6S/c1-11(2)23(20,21)9-8-13(14(17)18)16-15(19)22-10-12-6-4-3-5-7-12/h3-7,11,13H,8-10H2,1-2H3,(H,16,19)(H,17,18). The molecule has 0 bridgehead atoms. The van der Waals surface area contributed by atoms with E-state index in [-0.39, 0.29) is 18.8 Å². The molecule has 7 nitrogen and oxygen atoms in total. The molecule has 1 amide bonds. The second-order valence-electron chi connectivity index (χ2n) is 5.30. The van der Waals surface area contributed by atoms with Gasteiger partial charge in [-0.25, -0.2) is 18.0 Å². The summed E-state index contributed by atoms with van der Waals surface area (Å²) in [4.78, 5) is 22.8. The van der Waals surface area contributed by atoms with Crippen molar-refractivity contribution < 1.29 is 27.9 Å².